The predicted molar refractivity (Wildman–Crippen MR) is 135 cm³/mol. The van der Waals surface area contributed by atoms with E-state index in [-0.39, 0.29) is 30.1 Å². The molecular weight excluding hydrogens is 458 g/mol. The first-order valence-corrected chi connectivity index (χ1v) is 12.7. The van der Waals surface area contributed by atoms with E-state index in [2.05, 4.69) is 9.88 Å². The van der Waals surface area contributed by atoms with Crippen LogP contribution >= 0.6 is 0 Å². The number of likely N-dealkylation sites (tertiary alicyclic amines) is 2. The molecule has 2 saturated heterocycles. The minimum absolute atomic E-state index is 0.00689. The van der Waals surface area contributed by atoms with E-state index < -0.39 is 5.97 Å². The molecule has 9 nitrogen and oxygen atoms in total. The van der Waals surface area contributed by atoms with E-state index in [1.54, 1.807) is 4.57 Å². The Morgan fingerprint density at radius 1 is 0.944 bits per heavy atom. The number of ether oxygens (including phenoxy) is 1. The van der Waals surface area contributed by atoms with E-state index in [0.29, 0.717) is 13.1 Å². The first-order valence-electron chi connectivity index (χ1n) is 12.7. The number of carbonyl (C=O) groups is 2. The van der Waals surface area contributed by atoms with Crippen LogP contribution in [0.5, 0.6) is 0 Å². The summed E-state index contributed by atoms with van der Waals surface area (Å²) in [5, 5.41) is 0. The SMILES string of the molecule is COC(=O)Cn1c(=O)n(C2CCN(C(=O)C3CCN(Cc4ccncc4)CC3)CC2)c2ccccc21. The molecule has 2 aliphatic heterocycles. The minimum atomic E-state index is -0.452. The highest BCUT2D eigenvalue weighted by atomic mass is 16.5. The van der Waals surface area contributed by atoms with Crippen LogP contribution in [0.15, 0.2) is 53.6 Å². The van der Waals surface area contributed by atoms with Crippen LogP contribution in [0.2, 0.25) is 0 Å². The number of hydrogen-bond donors (Lipinski definition) is 0. The molecule has 1 amide bonds. The van der Waals surface area contributed by atoms with Gasteiger partial charge < -0.3 is 9.64 Å². The molecule has 4 heterocycles. The maximum Gasteiger partial charge on any atom is 0.329 e. The highest BCUT2D eigenvalue weighted by molar-refractivity contribution is 5.80. The van der Waals surface area contributed by atoms with Gasteiger partial charge in [-0.3, -0.25) is 28.6 Å². The third-order valence-corrected chi connectivity index (χ3v) is 7.62. The lowest BCUT2D eigenvalue weighted by atomic mass is 9.93. The Kier molecular flexibility index (Phi) is 7.18. The predicted octanol–water partition coefficient (Wildman–Crippen LogP) is 2.45. The van der Waals surface area contributed by atoms with Crippen molar-refractivity contribution in [1.29, 1.82) is 0 Å². The van der Waals surface area contributed by atoms with Crippen LogP contribution in [0, 0.1) is 5.92 Å². The second kappa shape index (κ2) is 10.7. The molecule has 9 heteroatoms. The van der Waals surface area contributed by atoms with Gasteiger partial charge in [0, 0.05) is 44.0 Å². The number of imidazole rings is 1. The quantitative estimate of drug-likeness (QED) is 0.492. The Hall–Kier alpha value is -3.46. The van der Waals surface area contributed by atoms with Gasteiger partial charge in [-0.25, -0.2) is 4.79 Å². The monoisotopic (exact) mass is 491 g/mol. The number of benzene rings is 1. The summed E-state index contributed by atoms with van der Waals surface area (Å²) in [6.45, 7) is 3.91. The molecule has 0 saturated carbocycles. The van der Waals surface area contributed by atoms with Gasteiger partial charge in [-0.15, -0.1) is 0 Å². The van der Waals surface area contributed by atoms with Crippen LogP contribution < -0.4 is 5.69 Å². The Morgan fingerprint density at radius 2 is 1.61 bits per heavy atom. The molecule has 2 fully saturated rings. The number of fused-ring (bicyclic) bond motifs is 1. The van der Waals surface area contributed by atoms with Crippen LogP contribution in [-0.2, 0) is 27.4 Å². The van der Waals surface area contributed by atoms with Crippen LogP contribution in [0.1, 0.15) is 37.3 Å². The van der Waals surface area contributed by atoms with Crippen LogP contribution in [0.3, 0.4) is 0 Å². The minimum Gasteiger partial charge on any atom is -0.468 e. The van der Waals surface area contributed by atoms with Crippen LogP contribution in [0.4, 0.5) is 0 Å². The van der Waals surface area contributed by atoms with E-state index in [1.807, 2.05) is 53.7 Å². The van der Waals surface area contributed by atoms with E-state index in [9.17, 15) is 14.4 Å². The number of rotatable bonds is 6. The lowest BCUT2D eigenvalue weighted by Gasteiger charge is -2.37. The fourth-order valence-electron chi connectivity index (χ4n) is 5.62. The van der Waals surface area contributed by atoms with Gasteiger partial charge in [0.05, 0.1) is 18.1 Å². The molecule has 190 valence electrons. The van der Waals surface area contributed by atoms with Gasteiger partial charge in [-0.1, -0.05) is 12.1 Å². The van der Waals surface area contributed by atoms with Crippen molar-refractivity contribution in [3.8, 4) is 0 Å². The average molecular weight is 492 g/mol. The molecular formula is C27H33N5O4. The zero-order valence-corrected chi connectivity index (χ0v) is 20.7. The van der Waals surface area contributed by atoms with Gasteiger partial charge >= 0.3 is 11.7 Å². The molecule has 0 spiro atoms. The highest BCUT2D eigenvalue weighted by Gasteiger charge is 2.32. The Morgan fingerprint density at radius 3 is 2.28 bits per heavy atom. The van der Waals surface area contributed by atoms with Gasteiger partial charge in [-0.2, -0.15) is 0 Å². The zero-order valence-electron chi connectivity index (χ0n) is 20.7. The lowest BCUT2D eigenvalue weighted by molar-refractivity contribution is -0.141. The summed E-state index contributed by atoms with van der Waals surface area (Å²) in [6.07, 6.45) is 6.84. The molecule has 0 unspecified atom stereocenters. The summed E-state index contributed by atoms with van der Waals surface area (Å²) in [6, 6.07) is 11.6. The lowest BCUT2D eigenvalue weighted by Crippen LogP contribution is -2.46. The smallest absolute Gasteiger partial charge is 0.329 e. The molecule has 1 aromatic carbocycles. The van der Waals surface area contributed by atoms with Crippen molar-refractivity contribution in [2.45, 2.75) is 44.8 Å². The summed E-state index contributed by atoms with van der Waals surface area (Å²) in [4.78, 5) is 46.9. The van der Waals surface area contributed by atoms with Crippen LogP contribution in [0.25, 0.3) is 11.0 Å². The van der Waals surface area contributed by atoms with Crippen molar-refractivity contribution in [3.63, 3.8) is 0 Å². The average Bonchev–Trinajstić information content (AvgIpc) is 3.20. The van der Waals surface area contributed by atoms with E-state index in [1.165, 1.54) is 17.2 Å². The first-order chi connectivity index (χ1) is 17.5. The summed E-state index contributed by atoms with van der Waals surface area (Å²) >= 11 is 0. The summed E-state index contributed by atoms with van der Waals surface area (Å²) in [7, 11) is 1.32. The third-order valence-electron chi connectivity index (χ3n) is 7.62. The molecule has 0 atom stereocenters. The van der Waals surface area contributed by atoms with Gasteiger partial charge in [-0.05, 0) is 68.6 Å². The van der Waals surface area contributed by atoms with Gasteiger partial charge in [0.25, 0.3) is 0 Å². The van der Waals surface area contributed by atoms with Crippen molar-refractivity contribution < 1.29 is 14.3 Å². The first kappa shape index (κ1) is 24.2. The molecule has 3 aromatic rings. The fraction of sp³-hybridized carbons (Fsp3) is 0.481. The number of hydrogen-bond acceptors (Lipinski definition) is 6. The zero-order chi connectivity index (χ0) is 25.1. The maximum absolute atomic E-state index is 13.3. The van der Waals surface area contributed by atoms with Crippen molar-refractivity contribution in [3.05, 3.63) is 64.8 Å². The van der Waals surface area contributed by atoms with Gasteiger partial charge in [0.15, 0.2) is 0 Å². The fourth-order valence-corrected chi connectivity index (χ4v) is 5.62. The largest absolute Gasteiger partial charge is 0.468 e. The molecule has 0 radical (unpaired) electrons. The van der Waals surface area contributed by atoms with E-state index in [0.717, 1.165) is 56.4 Å². The number of piperidine rings is 2. The molecule has 0 bridgehead atoms. The van der Waals surface area contributed by atoms with Crippen molar-refractivity contribution in [2.24, 2.45) is 5.92 Å². The third kappa shape index (κ3) is 4.93. The molecule has 0 aliphatic carbocycles. The number of para-hydroxylation sites is 2. The summed E-state index contributed by atoms with van der Waals surface area (Å²) < 4.78 is 8.08. The number of nitrogens with zero attached hydrogens (tertiary/aromatic N) is 5. The highest BCUT2D eigenvalue weighted by Crippen LogP contribution is 2.28. The number of carbonyl (C=O) groups excluding carboxylic acids is 2. The number of aromatic nitrogens is 3. The standard InChI is InChI=1S/C27H33N5O4/c1-36-25(33)19-31-23-4-2-3-5-24(23)32(27(31)35)22-10-16-30(17-11-22)26(34)21-8-14-29(15-9-21)18-20-6-12-28-13-7-20/h2-7,12-13,21-22H,8-11,14-19H2,1H3. The van der Waals surface area contributed by atoms with Gasteiger partial charge in [0.1, 0.15) is 6.54 Å². The normalized spacial score (nSPS) is 18.0. The number of pyridine rings is 1. The maximum atomic E-state index is 13.3. The Balaban J connectivity index is 1.20. The van der Waals surface area contributed by atoms with Gasteiger partial charge in [0.2, 0.25) is 5.91 Å². The molecule has 2 aliphatic rings. The second-order valence-electron chi connectivity index (χ2n) is 9.77. The van der Waals surface area contributed by atoms with Crippen molar-refractivity contribution >= 4 is 22.9 Å². The number of amides is 1. The molecule has 0 N–H and O–H groups in total. The Labute approximate surface area is 210 Å². The van der Waals surface area contributed by atoms with Crippen LogP contribution in [-0.4, -0.2) is 69.1 Å². The summed E-state index contributed by atoms with van der Waals surface area (Å²) in [5.74, 6) is -0.135. The topological polar surface area (TPSA) is 89.7 Å². The van der Waals surface area contributed by atoms with Crippen molar-refractivity contribution in [2.75, 3.05) is 33.3 Å². The Bertz CT molecular complexity index is 1270. The van der Waals surface area contributed by atoms with E-state index in [4.69, 9.17) is 4.74 Å². The van der Waals surface area contributed by atoms with E-state index >= 15 is 0 Å². The number of methoxy groups -OCH3 is 1. The second-order valence-corrected chi connectivity index (χ2v) is 9.77. The number of esters is 1. The molecule has 36 heavy (non-hydrogen) atoms. The summed E-state index contributed by atoms with van der Waals surface area (Å²) in [5.41, 5.74) is 2.59. The van der Waals surface area contributed by atoms with Crippen molar-refractivity contribution in [1.82, 2.24) is 23.9 Å². The molecule has 2 aromatic heterocycles. The molecule has 5 rings (SSSR count).